The second-order valence-corrected chi connectivity index (χ2v) is 6.81. The molecule has 156 valence electrons. The summed E-state index contributed by atoms with van der Waals surface area (Å²) in [4.78, 5) is 16.6. The van der Waals surface area contributed by atoms with Gasteiger partial charge in [-0.15, -0.1) is 0 Å². The molecule has 0 saturated carbocycles. The number of methoxy groups -OCH3 is 1. The standard InChI is InChI=1S/C20H18F3N5O2/c1-30-14-6-2-4-12(8-14)16-9-17(20(21,22)23)28-18(27-16)15(11-25-28)19(29)26-13-5-3-7-24-10-13/h2-8,10-11,16-17,27H,9H2,1H3,(H,26,29)/t16-,17-/m0/s1. The fraction of sp³-hybridized carbons (Fsp3) is 0.250. The Morgan fingerprint density at radius 1 is 1.27 bits per heavy atom. The van der Waals surface area contributed by atoms with Gasteiger partial charge in [-0.3, -0.25) is 9.78 Å². The lowest BCUT2D eigenvalue weighted by atomic mass is 9.96. The van der Waals surface area contributed by atoms with E-state index in [1.54, 1.807) is 42.6 Å². The molecule has 30 heavy (non-hydrogen) atoms. The van der Waals surface area contributed by atoms with Crippen LogP contribution in [-0.2, 0) is 0 Å². The van der Waals surface area contributed by atoms with Gasteiger partial charge in [0.1, 0.15) is 17.1 Å². The van der Waals surface area contributed by atoms with Crippen molar-refractivity contribution in [3.05, 3.63) is 66.1 Å². The highest BCUT2D eigenvalue weighted by molar-refractivity contribution is 6.07. The van der Waals surface area contributed by atoms with E-state index in [0.29, 0.717) is 17.0 Å². The minimum atomic E-state index is -4.53. The van der Waals surface area contributed by atoms with Gasteiger partial charge in [-0.1, -0.05) is 12.1 Å². The van der Waals surface area contributed by atoms with E-state index in [-0.39, 0.29) is 17.8 Å². The van der Waals surface area contributed by atoms with Crippen LogP contribution >= 0.6 is 0 Å². The Morgan fingerprint density at radius 2 is 2.10 bits per heavy atom. The van der Waals surface area contributed by atoms with Crippen molar-refractivity contribution in [2.45, 2.75) is 24.7 Å². The van der Waals surface area contributed by atoms with Crippen molar-refractivity contribution in [1.29, 1.82) is 0 Å². The number of aromatic nitrogens is 3. The maximum atomic E-state index is 13.8. The maximum Gasteiger partial charge on any atom is 0.410 e. The van der Waals surface area contributed by atoms with Crippen molar-refractivity contribution in [2.24, 2.45) is 0 Å². The molecule has 0 radical (unpaired) electrons. The number of halogens is 3. The third-order valence-electron chi connectivity index (χ3n) is 4.90. The lowest BCUT2D eigenvalue weighted by molar-refractivity contribution is -0.173. The first-order chi connectivity index (χ1) is 14.4. The van der Waals surface area contributed by atoms with Crippen LogP contribution in [0.25, 0.3) is 0 Å². The number of amides is 1. The second-order valence-electron chi connectivity index (χ2n) is 6.81. The average Bonchev–Trinajstić information content (AvgIpc) is 3.17. The normalized spacial score (nSPS) is 18.3. The van der Waals surface area contributed by atoms with Crippen molar-refractivity contribution in [3.63, 3.8) is 0 Å². The molecule has 1 aliphatic rings. The smallest absolute Gasteiger partial charge is 0.410 e. The van der Waals surface area contributed by atoms with Crippen LogP contribution in [0.5, 0.6) is 5.75 Å². The summed E-state index contributed by atoms with van der Waals surface area (Å²) in [5, 5.41) is 9.54. The molecule has 0 fully saturated rings. The molecule has 4 rings (SSSR count). The number of pyridine rings is 1. The SMILES string of the molecule is COc1cccc([C@@H]2C[C@@H](C(F)(F)F)n3ncc(C(=O)Nc4cccnc4)c3N2)c1. The molecular weight excluding hydrogens is 399 g/mol. The molecule has 7 nitrogen and oxygen atoms in total. The number of benzene rings is 1. The van der Waals surface area contributed by atoms with E-state index < -0.39 is 24.2 Å². The number of nitrogens with zero attached hydrogens (tertiary/aromatic N) is 3. The van der Waals surface area contributed by atoms with Crippen LogP contribution in [0.4, 0.5) is 24.7 Å². The molecule has 2 N–H and O–H groups in total. The number of alkyl halides is 3. The van der Waals surface area contributed by atoms with E-state index in [4.69, 9.17) is 4.74 Å². The van der Waals surface area contributed by atoms with E-state index >= 15 is 0 Å². The van der Waals surface area contributed by atoms with Gasteiger partial charge < -0.3 is 15.4 Å². The summed E-state index contributed by atoms with van der Waals surface area (Å²) in [5.41, 5.74) is 1.06. The van der Waals surface area contributed by atoms with Gasteiger partial charge in [-0.05, 0) is 29.8 Å². The van der Waals surface area contributed by atoms with Gasteiger partial charge in [0.05, 0.1) is 31.2 Å². The van der Waals surface area contributed by atoms with Crippen LogP contribution in [0, 0.1) is 0 Å². The molecular formula is C20H18F3N5O2. The number of rotatable bonds is 4. The zero-order valence-electron chi connectivity index (χ0n) is 15.8. The van der Waals surface area contributed by atoms with Gasteiger partial charge in [-0.25, -0.2) is 4.68 Å². The first kappa shape index (κ1) is 19.7. The Morgan fingerprint density at radius 3 is 2.80 bits per heavy atom. The zero-order chi connectivity index (χ0) is 21.3. The predicted octanol–water partition coefficient (Wildman–Crippen LogP) is 4.20. The van der Waals surface area contributed by atoms with Gasteiger partial charge in [0.2, 0.25) is 0 Å². The number of hydrogen-bond acceptors (Lipinski definition) is 5. The lowest BCUT2D eigenvalue weighted by Crippen LogP contribution is -2.36. The van der Waals surface area contributed by atoms with Crippen molar-refractivity contribution in [3.8, 4) is 5.75 Å². The molecule has 0 saturated heterocycles. The molecule has 3 heterocycles. The van der Waals surface area contributed by atoms with Crippen molar-refractivity contribution in [2.75, 3.05) is 17.7 Å². The number of fused-ring (bicyclic) bond motifs is 1. The molecule has 3 aromatic rings. The van der Waals surface area contributed by atoms with Gasteiger partial charge in [0.15, 0.2) is 6.04 Å². The maximum absolute atomic E-state index is 13.8. The molecule has 0 unspecified atom stereocenters. The highest BCUT2D eigenvalue weighted by atomic mass is 19.4. The van der Waals surface area contributed by atoms with E-state index in [1.807, 2.05) is 0 Å². The molecule has 2 aromatic heterocycles. The summed E-state index contributed by atoms with van der Waals surface area (Å²) >= 11 is 0. The average molecular weight is 417 g/mol. The van der Waals surface area contributed by atoms with Crippen molar-refractivity contribution in [1.82, 2.24) is 14.8 Å². The Labute approximate surface area is 169 Å². The van der Waals surface area contributed by atoms with Crippen LogP contribution in [-0.4, -0.2) is 34.0 Å². The molecule has 0 bridgehead atoms. The second kappa shape index (κ2) is 7.69. The third-order valence-corrected chi connectivity index (χ3v) is 4.90. The highest BCUT2D eigenvalue weighted by Crippen LogP contribution is 2.44. The Bertz CT molecular complexity index is 1050. The number of nitrogens with one attached hydrogen (secondary N) is 2. The zero-order valence-corrected chi connectivity index (χ0v) is 15.8. The first-order valence-corrected chi connectivity index (χ1v) is 9.13. The van der Waals surface area contributed by atoms with Crippen molar-refractivity contribution < 1.29 is 22.7 Å². The molecule has 2 atom stereocenters. The number of anilines is 2. The monoisotopic (exact) mass is 417 g/mol. The van der Waals surface area contributed by atoms with Gasteiger partial charge >= 0.3 is 6.18 Å². The predicted molar refractivity (Wildman–Crippen MR) is 103 cm³/mol. The molecule has 10 heteroatoms. The largest absolute Gasteiger partial charge is 0.497 e. The molecule has 1 aromatic carbocycles. The van der Waals surface area contributed by atoms with E-state index in [9.17, 15) is 18.0 Å². The number of carbonyl (C=O) groups is 1. The van der Waals surface area contributed by atoms with Gasteiger partial charge in [0, 0.05) is 12.6 Å². The fourth-order valence-corrected chi connectivity index (χ4v) is 3.44. The summed E-state index contributed by atoms with van der Waals surface area (Å²) in [6.07, 6.45) is -0.669. The number of carbonyl (C=O) groups excluding carboxylic acids is 1. The Hall–Kier alpha value is -3.56. The lowest BCUT2D eigenvalue weighted by Gasteiger charge is -2.34. The molecule has 1 amide bonds. The van der Waals surface area contributed by atoms with E-state index in [1.165, 1.54) is 13.3 Å². The summed E-state index contributed by atoms with van der Waals surface area (Å²) in [6.45, 7) is 0. The molecule has 1 aliphatic heterocycles. The molecule has 0 aliphatic carbocycles. The minimum Gasteiger partial charge on any atom is -0.497 e. The summed E-state index contributed by atoms with van der Waals surface area (Å²) in [6, 6.07) is 7.53. The third kappa shape index (κ3) is 3.80. The van der Waals surface area contributed by atoms with Crippen molar-refractivity contribution >= 4 is 17.4 Å². The van der Waals surface area contributed by atoms with Gasteiger partial charge in [-0.2, -0.15) is 18.3 Å². The number of ether oxygens (including phenoxy) is 1. The quantitative estimate of drug-likeness (QED) is 0.665. The van der Waals surface area contributed by atoms with Crippen LogP contribution in [0.1, 0.15) is 34.4 Å². The highest BCUT2D eigenvalue weighted by Gasteiger charge is 2.47. The summed E-state index contributed by atoms with van der Waals surface area (Å²) in [5.74, 6) is -0.0340. The summed E-state index contributed by atoms with van der Waals surface area (Å²) in [7, 11) is 1.49. The Kier molecular flexibility index (Phi) is 5.06. The number of hydrogen-bond donors (Lipinski definition) is 2. The van der Waals surface area contributed by atoms with Crippen LogP contribution in [0.3, 0.4) is 0 Å². The van der Waals surface area contributed by atoms with Crippen LogP contribution < -0.4 is 15.4 Å². The van der Waals surface area contributed by atoms with Crippen LogP contribution in [0.2, 0.25) is 0 Å². The molecule has 0 spiro atoms. The topological polar surface area (TPSA) is 81.1 Å². The van der Waals surface area contributed by atoms with E-state index in [0.717, 1.165) is 10.9 Å². The Balaban J connectivity index is 1.70. The minimum absolute atomic E-state index is 0.0118. The first-order valence-electron chi connectivity index (χ1n) is 9.13. The van der Waals surface area contributed by atoms with Gasteiger partial charge in [0.25, 0.3) is 5.91 Å². The summed E-state index contributed by atoms with van der Waals surface area (Å²) < 4.78 is 47.4. The van der Waals surface area contributed by atoms with E-state index in [2.05, 4.69) is 20.7 Å². The fourth-order valence-electron chi connectivity index (χ4n) is 3.44. The van der Waals surface area contributed by atoms with Crippen LogP contribution in [0.15, 0.2) is 55.0 Å².